The van der Waals surface area contributed by atoms with Crippen molar-refractivity contribution in [2.24, 2.45) is 0 Å². The van der Waals surface area contributed by atoms with Crippen molar-refractivity contribution >= 4 is 11.9 Å². The Labute approximate surface area is 437 Å². The Morgan fingerprint density at radius 3 is 1.06 bits per heavy atom. The molecule has 0 aliphatic carbocycles. The molecule has 0 aliphatic rings. The van der Waals surface area contributed by atoms with Crippen LogP contribution < -0.4 is 5.32 Å². The highest BCUT2D eigenvalue weighted by Crippen LogP contribution is 2.18. The van der Waals surface area contributed by atoms with Crippen molar-refractivity contribution in [3.8, 4) is 0 Å². The fourth-order valence-corrected chi connectivity index (χ4v) is 9.85. The third-order valence-electron chi connectivity index (χ3n) is 14.7. The van der Waals surface area contributed by atoms with Crippen molar-refractivity contribution in [1.82, 2.24) is 5.32 Å². The molecule has 2 atom stereocenters. The van der Waals surface area contributed by atoms with Crippen LogP contribution in [0.1, 0.15) is 348 Å². The second-order valence-electron chi connectivity index (χ2n) is 21.7. The smallest absolute Gasteiger partial charge is 0.305 e. The van der Waals surface area contributed by atoms with Gasteiger partial charge in [0.25, 0.3) is 0 Å². The van der Waals surface area contributed by atoms with Gasteiger partial charge in [0.15, 0.2) is 0 Å². The molecule has 0 rings (SSSR count). The van der Waals surface area contributed by atoms with Crippen molar-refractivity contribution in [2.75, 3.05) is 13.2 Å². The minimum absolute atomic E-state index is 0.00227. The number of unbranched alkanes of at least 4 members (excludes halogenated alkanes) is 46. The Bertz CT molecular complexity index is 1090. The zero-order valence-corrected chi connectivity index (χ0v) is 47.3. The van der Waals surface area contributed by atoms with E-state index in [-0.39, 0.29) is 18.5 Å². The topological polar surface area (TPSA) is 95.9 Å². The van der Waals surface area contributed by atoms with Crippen LogP contribution in [0.5, 0.6) is 0 Å². The highest BCUT2D eigenvalue weighted by Gasteiger charge is 2.18. The number of aliphatic hydroxyl groups excluding tert-OH is 2. The van der Waals surface area contributed by atoms with Gasteiger partial charge in [-0.1, -0.05) is 308 Å². The van der Waals surface area contributed by atoms with Crippen LogP contribution in [0.2, 0.25) is 0 Å². The van der Waals surface area contributed by atoms with E-state index in [0.717, 1.165) is 44.9 Å². The van der Waals surface area contributed by atoms with Gasteiger partial charge in [0.2, 0.25) is 5.91 Å². The maximum Gasteiger partial charge on any atom is 0.305 e. The lowest BCUT2D eigenvalue weighted by Gasteiger charge is -2.20. The van der Waals surface area contributed by atoms with E-state index in [9.17, 15) is 19.8 Å². The van der Waals surface area contributed by atoms with Gasteiger partial charge in [-0.15, -0.1) is 0 Å². The molecule has 1 amide bonds. The second-order valence-corrected chi connectivity index (χ2v) is 21.7. The minimum Gasteiger partial charge on any atom is -0.466 e. The highest BCUT2D eigenvalue weighted by molar-refractivity contribution is 5.76. The monoisotopic (exact) mass is 986 g/mol. The molecule has 0 aliphatic heterocycles. The van der Waals surface area contributed by atoms with E-state index in [1.54, 1.807) is 6.08 Å². The van der Waals surface area contributed by atoms with Crippen LogP contribution in [0.3, 0.4) is 0 Å². The number of carbonyl (C=O) groups is 2. The summed E-state index contributed by atoms with van der Waals surface area (Å²) < 4.78 is 5.46. The van der Waals surface area contributed by atoms with E-state index < -0.39 is 12.1 Å². The van der Waals surface area contributed by atoms with Crippen molar-refractivity contribution in [2.45, 2.75) is 360 Å². The Morgan fingerprint density at radius 2 is 0.686 bits per heavy atom. The largest absolute Gasteiger partial charge is 0.466 e. The number of esters is 1. The normalized spacial score (nSPS) is 12.7. The number of amides is 1. The predicted octanol–water partition coefficient (Wildman–Crippen LogP) is 19.8. The standard InChI is InChI=1S/C64H123NO5/c1-3-5-7-9-11-13-15-16-17-18-19-20-21-22-24-27-30-33-37-40-44-48-52-56-62(67)61(60-66)65-63(68)57-53-49-45-41-38-34-31-28-25-23-26-29-32-35-39-43-47-51-55-59-70-64(69)58-54-50-46-42-36-14-12-10-8-6-4-2/h10,12,52,56,61-62,66-67H,3-9,11,13-51,53-55,57-60H2,1-2H3,(H,65,68)/b12-10-,56-52+. The second kappa shape index (κ2) is 59.9. The maximum absolute atomic E-state index is 12.5. The van der Waals surface area contributed by atoms with Gasteiger partial charge in [-0.3, -0.25) is 9.59 Å². The summed E-state index contributed by atoms with van der Waals surface area (Å²) in [7, 11) is 0. The Hall–Kier alpha value is -1.66. The average molecular weight is 987 g/mol. The fourth-order valence-electron chi connectivity index (χ4n) is 9.85. The molecule has 0 saturated carbocycles. The number of allylic oxidation sites excluding steroid dienone is 3. The molecule has 3 N–H and O–H groups in total. The van der Waals surface area contributed by atoms with Crippen molar-refractivity contribution < 1.29 is 24.5 Å². The first-order valence-electron chi connectivity index (χ1n) is 31.6. The molecule has 0 bridgehead atoms. The van der Waals surface area contributed by atoms with Gasteiger partial charge < -0.3 is 20.3 Å². The Balaban J connectivity index is 3.44. The SMILES string of the molecule is CCCC/C=C\CCCCCCCC(=O)OCCCCCCCCCCCCCCCCCCCCCC(=O)NC(CO)C(O)/C=C/CCCCCCCCCCCCCCCCCCCCCCC. The summed E-state index contributed by atoms with van der Waals surface area (Å²) >= 11 is 0. The summed E-state index contributed by atoms with van der Waals surface area (Å²) in [6.07, 6.45) is 73.6. The lowest BCUT2D eigenvalue weighted by Crippen LogP contribution is -2.45. The summed E-state index contributed by atoms with van der Waals surface area (Å²) in [4.78, 5) is 24.5. The molecule has 0 aromatic carbocycles. The number of hydrogen-bond donors (Lipinski definition) is 3. The summed E-state index contributed by atoms with van der Waals surface area (Å²) in [6, 6.07) is -0.631. The predicted molar refractivity (Wildman–Crippen MR) is 306 cm³/mol. The molecule has 6 nitrogen and oxygen atoms in total. The molecule has 0 radical (unpaired) electrons. The molecular weight excluding hydrogens is 863 g/mol. The molecule has 70 heavy (non-hydrogen) atoms. The van der Waals surface area contributed by atoms with Gasteiger partial charge in [0.05, 0.1) is 25.4 Å². The maximum atomic E-state index is 12.5. The first kappa shape index (κ1) is 68.3. The van der Waals surface area contributed by atoms with Gasteiger partial charge in [0.1, 0.15) is 0 Å². The van der Waals surface area contributed by atoms with Crippen molar-refractivity contribution in [3.05, 3.63) is 24.3 Å². The molecule has 0 aromatic rings. The number of hydrogen-bond acceptors (Lipinski definition) is 5. The van der Waals surface area contributed by atoms with Gasteiger partial charge >= 0.3 is 5.97 Å². The van der Waals surface area contributed by atoms with E-state index in [0.29, 0.717) is 19.4 Å². The molecule has 0 spiro atoms. The highest BCUT2D eigenvalue weighted by atomic mass is 16.5. The summed E-state index contributed by atoms with van der Waals surface area (Å²) in [6.45, 7) is 4.88. The summed E-state index contributed by atoms with van der Waals surface area (Å²) in [5.41, 5.74) is 0. The zero-order chi connectivity index (χ0) is 50.7. The number of nitrogens with one attached hydrogen (secondary N) is 1. The van der Waals surface area contributed by atoms with Crippen LogP contribution in [-0.2, 0) is 14.3 Å². The zero-order valence-electron chi connectivity index (χ0n) is 47.3. The number of carbonyl (C=O) groups excluding carboxylic acids is 2. The van der Waals surface area contributed by atoms with Crippen LogP contribution in [0.25, 0.3) is 0 Å². The van der Waals surface area contributed by atoms with Gasteiger partial charge in [-0.2, -0.15) is 0 Å². The number of rotatable bonds is 59. The Morgan fingerprint density at radius 1 is 0.386 bits per heavy atom. The van der Waals surface area contributed by atoms with Crippen LogP contribution in [0.4, 0.5) is 0 Å². The Kier molecular flexibility index (Phi) is 58.5. The van der Waals surface area contributed by atoms with Crippen LogP contribution in [0.15, 0.2) is 24.3 Å². The first-order valence-corrected chi connectivity index (χ1v) is 31.6. The molecule has 0 saturated heterocycles. The van der Waals surface area contributed by atoms with E-state index in [2.05, 4.69) is 31.3 Å². The molecule has 6 heteroatoms. The van der Waals surface area contributed by atoms with Gasteiger partial charge in [-0.05, 0) is 51.4 Å². The van der Waals surface area contributed by atoms with Crippen LogP contribution in [-0.4, -0.2) is 47.4 Å². The van der Waals surface area contributed by atoms with Crippen LogP contribution in [0, 0.1) is 0 Å². The lowest BCUT2D eigenvalue weighted by atomic mass is 10.0. The van der Waals surface area contributed by atoms with Crippen molar-refractivity contribution in [3.63, 3.8) is 0 Å². The fraction of sp³-hybridized carbons (Fsp3) is 0.906. The van der Waals surface area contributed by atoms with E-state index >= 15 is 0 Å². The van der Waals surface area contributed by atoms with Gasteiger partial charge in [-0.25, -0.2) is 0 Å². The number of aliphatic hydroxyl groups is 2. The third kappa shape index (κ3) is 55.7. The van der Waals surface area contributed by atoms with E-state index in [4.69, 9.17) is 4.74 Å². The van der Waals surface area contributed by atoms with E-state index in [1.165, 1.54) is 276 Å². The molecular formula is C64H123NO5. The third-order valence-corrected chi connectivity index (χ3v) is 14.7. The van der Waals surface area contributed by atoms with Crippen LogP contribution >= 0.6 is 0 Å². The number of ether oxygens (including phenoxy) is 1. The molecule has 0 fully saturated rings. The molecule has 414 valence electrons. The first-order chi connectivity index (χ1) is 34.5. The van der Waals surface area contributed by atoms with Crippen molar-refractivity contribution in [1.29, 1.82) is 0 Å². The summed E-state index contributed by atoms with van der Waals surface area (Å²) in [5, 5.41) is 23.2. The molecule has 0 heterocycles. The van der Waals surface area contributed by atoms with Gasteiger partial charge in [0, 0.05) is 12.8 Å². The average Bonchev–Trinajstić information content (AvgIpc) is 3.36. The lowest BCUT2D eigenvalue weighted by molar-refractivity contribution is -0.143. The molecule has 0 aromatic heterocycles. The quantitative estimate of drug-likeness (QED) is 0.0321. The minimum atomic E-state index is -0.847. The van der Waals surface area contributed by atoms with E-state index in [1.807, 2.05) is 6.08 Å². The summed E-state index contributed by atoms with van der Waals surface area (Å²) in [5.74, 6) is -0.0698. The molecule has 2 unspecified atom stereocenters.